The number of hydrogen-bond acceptors (Lipinski definition) is 1. The average Bonchev–Trinajstić information content (AvgIpc) is 2.37. The minimum atomic E-state index is -0.699. The third-order valence-electron chi connectivity index (χ3n) is 1.61. The molecule has 2 unspecified atom stereocenters. The van der Waals surface area contributed by atoms with Crippen molar-refractivity contribution in [3.63, 3.8) is 0 Å². The van der Waals surface area contributed by atoms with Gasteiger partial charge in [-0.25, -0.2) is 0 Å². The molecular formula is C10H18O2. The molecule has 2 nitrogen and oxygen atoms in total. The lowest BCUT2D eigenvalue weighted by Gasteiger charge is -2.00. The van der Waals surface area contributed by atoms with E-state index < -0.39 is 5.97 Å². The molecule has 0 spiro atoms. The molecule has 0 amide bonds. The molecule has 70 valence electrons. The number of carboxylic acids is 1. The molecule has 0 aliphatic heterocycles. The van der Waals surface area contributed by atoms with Crippen LogP contribution in [0.25, 0.3) is 0 Å². The molecule has 0 bridgehead atoms. The first-order chi connectivity index (χ1) is 5.61. The Kier molecular flexibility index (Phi) is 5.43. The molecule has 1 N–H and O–H groups in total. The van der Waals surface area contributed by atoms with Gasteiger partial charge in [-0.2, -0.15) is 0 Å². The zero-order chi connectivity index (χ0) is 9.56. The van der Waals surface area contributed by atoms with Crippen LogP contribution in [0.3, 0.4) is 0 Å². The van der Waals surface area contributed by atoms with Gasteiger partial charge in [0, 0.05) is 0 Å². The quantitative estimate of drug-likeness (QED) is 0.614. The monoisotopic (exact) mass is 170 g/mol. The second kappa shape index (κ2) is 5.81. The predicted molar refractivity (Wildman–Crippen MR) is 50.0 cm³/mol. The van der Waals surface area contributed by atoms with E-state index in [9.17, 15) is 4.79 Å². The smallest absolute Gasteiger partial charge is 0.310 e. The Balaban J connectivity index is 0.000000354. The molecule has 1 aliphatic carbocycles. The summed E-state index contributed by atoms with van der Waals surface area (Å²) in [5.74, 6) is -0.471. The van der Waals surface area contributed by atoms with E-state index in [4.69, 9.17) is 5.11 Å². The number of allylic oxidation sites excluding steroid dienone is 1. The summed E-state index contributed by atoms with van der Waals surface area (Å²) in [4.78, 5) is 10.3. The molecule has 1 rings (SSSR count). The van der Waals surface area contributed by atoms with Gasteiger partial charge in [0.1, 0.15) is 0 Å². The fraction of sp³-hybridized carbons (Fsp3) is 0.700. The highest BCUT2D eigenvalue weighted by molar-refractivity contribution is 5.72. The molecule has 0 aromatic heterocycles. The summed E-state index contributed by atoms with van der Waals surface area (Å²) >= 11 is 0. The Labute approximate surface area is 74.3 Å². The van der Waals surface area contributed by atoms with Gasteiger partial charge < -0.3 is 5.11 Å². The van der Waals surface area contributed by atoms with Crippen LogP contribution < -0.4 is 0 Å². The molecule has 0 aromatic carbocycles. The van der Waals surface area contributed by atoms with Crippen LogP contribution in [0, 0.1) is 11.8 Å². The zero-order valence-electron chi connectivity index (χ0n) is 8.08. The normalized spacial score (nSPS) is 26.2. The average molecular weight is 170 g/mol. The Bertz CT molecular complexity index is 161. The maximum Gasteiger partial charge on any atom is 0.310 e. The van der Waals surface area contributed by atoms with Gasteiger partial charge in [0.05, 0.1) is 5.92 Å². The third-order valence-corrected chi connectivity index (χ3v) is 1.61. The van der Waals surface area contributed by atoms with Crippen LogP contribution in [-0.2, 0) is 4.79 Å². The minimum Gasteiger partial charge on any atom is -0.481 e. The van der Waals surface area contributed by atoms with Crippen molar-refractivity contribution in [1.82, 2.24) is 0 Å². The van der Waals surface area contributed by atoms with E-state index in [0.717, 1.165) is 6.42 Å². The maximum absolute atomic E-state index is 10.3. The van der Waals surface area contributed by atoms with Gasteiger partial charge in [-0.1, -0.05) is 39.3 Å². The SMILES string of the molecule is CC1C=CC(C(=O)O)C1.CCC. The number of hydrogen-bond donors (Lipinski definition) is 1. The van der Waals surface area contributed by atoms with Crippen LogP contribution in [0.5, 0.6) is 0 Å². The summed E-state index contributed by atoms with van der Waals surface area (Å²) in [7, 11) is 0. The highest BCUT2D eigenvalue weighted by atomic mass is 16.4. The van der Waals surface area contributed by atoms with E-state index in [-0.39, 0.29) is 5.92 Å². The Morgan fingerprint density at radius 2 is 2.00 bits per heavy atom. The summed E-state index contributed by atoms with van der Waals surface area (Å²) < 4.78 is 0. The minimum absolute atomic E-state index is 0.222. The van der Waals surface area contributed by atoms with Gasteiger partial charge in [-0.15, -0.1) is 0 Å². The Morgan fingerprint density at radius 3 is 2.17 bits per heavy atom. The van der Waals surface area contributed by atoms with E-state index in [2.05, 4.69) is 13.8 Å². The zero-order valence-corrected chi connectivity index (χ0v) is 8.08. The number of aliphatic carboxylic acids is 1. The number of rotatable bonds is 1. The van der Waals surface area contributed by atoms with Crippen LogP contribution in [0.2, 0.25) is 0 Å². The standard InChI is InChI=1S/C7H10O2.C3H8/c1-5-2-3-6(4-5)7(8)9;1-3-2/h2-3,5-6H,4H2,1H3,(H,8,9);3H2,1-2H3. The molecule has 0 aromatic rings. The molecule has 0 radical (unpaired) electrons. The molecule has 12 heavy (non-hydrogen) atoms. The van der Waals surface area contributed by atoms with E-state index in [1.807, 2.05) is 13.0 Å². The van der Waals surface area contributed by atoms with Gasteiger partial charge in [-0.3, -0.25) is 4.79 Å². The number of carboxylic acid groups (broad SMARTS) is 1. The molecule has 2 heteroatoms. The molecule has 0 saturated heterocycles. The lowest BCUT2D eigenvalue weighted by Crippen LogP contribution is -2.08. The molecule has 0 fully saturated rings. The second-order valence-corrected chi connectivity index (χ2v) is 3.25. The first kappa shape index (κ1) is 11.2. The van der Waals surface area contributed by atoms with Crippen molar-refractivity contribution in [1.29, 1.82) is 0 Å². The van der Waals surface area contributed by atoms with Gasteiger partial charge >= 0.3 is 5.97 Å². The lowest BCUT2D eigenvalue weighted by atomic mass is 10.1. The van der Waals surface area contributed by atoms with Gasteiger partial charge in [-0.05, 0) is 12.3 Å². The summed E-state index contributed by atoms with van der Waals surface area (Å²) in [6, 6.07) is 0. The number of carbonyl (C=O) groups is 1. The highest BCUT2D eigenvalue weighted by Gasteiger charge is 2.20. The van der Waals surface area contributed by atoms with E-state index in [1.54, 1.807) is 6.08 Å². The van der Waals surface area contributed by atoms with Crippen LogP contribution in [0.15, 0.2) is 12.2 Å². The summed E-state index contributed by atoms with van der Waals surface area (Å²) in [5.41, 5.74) is 0. The summed E-state index contributed by atoms with van der Waals surface area (Å²) in [5, 5.41) is 8.48. The van der Waals surface area contributed by atoms with Crippen molar-refractivity contribution in [2.75, 3.05) is 0 Å². The van der Waals surface area contributed by atoms with Crippen LogP contribution in [-0.4, -0.2) is 11.1 Å². The van der Waals surface area contributed by atoms with E-state index in [0.29, 0.717) is 5.92 Å². The van der Waals surface area contributed by atoms with Crippen LogP contribution >= 0.6 is 0 Å². The van der Waals surface area contributed by atoms with Crippen molar-refractivity contribution >= 4 is 5.97 Å². The van der Waals surface area contributed by atoms with Gasteiger partial charge in [0.25, 0.3) is 0 Å². The van der Waals surface area contributed by atoms with Crippen molar-refractivity contribution in [3.8, 4) is 0 Å². The second-order valence-electron chi connectivity index (χ2n) is 3.25. The molecule has 1 aliphatic rings. The molecular weight excluding hydrogens is 152 g/mol. The third kappa shape index (κ3) is 4.16. The summed E-state index contributed by atoms with van der Waals surface area (Å²) in [6.45, 7) is 6.28. The van der Waals surface area contributed by atoms with Gasteiger partial charge in [0.15, 0.2) is 0 Å². The summed E-state index contributed by atoms with van der Waals surface area (Å²) in [6.07, 6.45) is 5.75. The predicted octanol–water partition coefficient (Wildman–Crippen LogP) is 2.70. The first-order valence-corrected chi connectivity index (χ1v) is 4.52. The van der Waals surface area contributed by atoms with Crippen molar-refractivity contribution in [2.24, 2.45) is 11.8 Å². The maximum atomic E-state index is 10.3. The fourth-order valence-corrected chi connectivity index (χ4v) is 1.06. The first-order valence-electron chi connectivity index (χ1n) is 4.52. The van der Waals surface area contributed by atoms with Crippen LogP contribution in [0.1, 0.15) is 33.6 Å². The van der Waals surface area contributed by atoms with Crippen molar-refractivity contribution in [2.45, 2.75) is 33.6 Å². The molecule has 2 atom stereocenters. The van der Waals surface area contributed by atoms with E-state index >= 15 is 0 Å². The highest BCUT2D eigenvalue weighted by Crippen LogP contribution is 2.22. The fourth-order valence-electron chi connectivity index (χ4n) is 1.06. The van der Waals surface area contributed by atoms with Crippen molar-refractivity contribution < 1.29 is 9.90 Å². The van der Waals surface area contributed by atoms with Crippen LogP contribution in [0.4, 0.5) is 0 Å². The molecule has 0 heterocycles. The lowest BCUT2D eigenvalue weighted by molar-refractivity contribution is -0.140. The van der Waals surface area contributed by atoms with Gasteiger partial charge in [0.2, 0.25) is 0 Å². The Hall–Kier alpha value is -0.790. The topological polar surface area (TPSA) is 37.3 Å². The Morgan fingerprint density at radius 1 is 1.50 bits per heavy atom. The van der Waals surface area contributed by atoms with Crippen molar-refractivity contribution in [3.05, 3.63) is 12.2 Å². The largest absolute Gasteiger partial charge is 0.481 e. The van der Waals surface area contributed by atoms with E-state index in [1.165, 1.54) is 6.42 Å². The molecule has 0 saturated carbocycles.